The van der Waals surface area contributed by atoms with Crippen LogP contribution >= 0.6 is 0 Å². The molecule has 0 bridgehead atoms. The van der Waals surface area contributed by atoms with Crippen LogP contribution in [0.25, 0.3) is 0 Å². The molecular formula is C21H20F6N2O3S. The highest BCUT2D eigenvalue weighted by Gasteiger charge is 2.39. The van der Waals surface area contributed by atoms with E-state index in [0.29, 0.717) is 0 Å². The van der Waals surface area contributed by atoms with E-state index in [4.69, 9.17) is 0 Å². The van der Waals surface area contributed by atoms with Gasteiger partial charge in [0, 0.05) is 19.1 Å². The van der Waals surface area contributed by atoms with Crippen molar-refractivity contribution in [2.24, 2.45) is 0 Å². The molecule has 0 radical (unpaired) electrons. The highest BCUT2D eigenvalue weighted by Crippen LogP contribution is 2.38. The summed E-state index contributed by atoms with van der Waals surface area (Å²) in [7, 11) is -4.61. The first-order chi connectivity index (χ1) is 15.3. The van der Waals surface area contributed by atoms with Crippen LogP contribution in [0.3, 0.4) is 0 Å². The lowest BCUT2D eigenvalue weighted by Gasteiger charge is -2.32. The number of hydrogen-bond donors (Lipinski definition) is 1. The number of amides is 1. The van der Waals surface area contributed by atoms with Crippen LogP contribution in [-0.4, -0.2) is 37.8 Å². The van der Waals surface area contributed by atoms with Crippen LogP contribution in [0.4, 0.5) is 26.3 Å². The Hall–Kier alpha value is -2.60. The monoisotopic (exact) mass is 494 g/mol. The maximum absolute atomic E-state index is 13.1. The minimum atomic E-state index is -5.15. The number of piperidine rings is 1. The average molecular weight is 494 g/mol. The Morgan fingerprint density at radius 1 is 0.909 bits per heavy atom. The molecular weight excluding hydrogens is 474 g/mol. The van der Waals surface area contributed by atoms with Gasteiger partial charge < -0.3 is 5.32 Å². The predicted molar refractivity (Wildman–Crippen MR) is 107 cm³/mol. The highest BCUT2D eigenvalue weighted by molar-refractivity contribution is 7.89. The molecule has 0 unspecified atom stereocenters. The van der Waals surface area contributed by atoms with E-state index < -0.39 is 38.4 Å². The highest BCUT2D eigenvalue weighted by atomic mass is 32.2. The summed E-state index contributed by atoms with van der Waals surface area (Å²) >= 11 is 0. The van der Waals surface area contributed by atoms with Gasteiger partial charge in [0.1, 0.15) is 0 Å². The van der Waals surface area contributed by atoms with Crippen molar-refractivity contribution in [3.05, 3.63) is 65.2 Å². The van der Waals surface area contributed by atoms with Gasteiger partial charge in [-0.3, -0.25) is 4.79 Å². The molecule has 1 saturated heterocycles. The lowest BCUT2D eigenvalue weighted by atomic mass is 10.1. The van der Waals surface area contributed by atoms with Gasteiger partial charge in [-0.15, -0.1) is 0 Å². The summed E-state index contributed by atoms with van der Waals surface area (Å²) in [6, 6.07) is 8.86. The van der Waals surface area contributed by atoms with Gasteiger partial charge >= 0.3 is 12.4 Å². The van der Waals surface area contributed by atoms with Crippen molar-refractivity contribution >= 4 is 15.9 Å². The topological polar surface area (TPSA) is 66.5 Å². The van der Waals surface area contributed by atoms with Crippen LogP contribution < -0.4 is 5.32 Å². The van der Waals surface area contributed by atoms with Crippen molar-refractivity contribution in [2.75, 3.05) is 13.1 Å². The predicted octanol–water partition coefficient (Wildman–Crippen LogP) is 4.24. The second-order valence-corrected chi connectivity index (χ2v) is 9.59. The molecule has 0 atom stereocenters. The fraction of sp³-hybridized carbons (Fsp3) is 0.381. The van der Waals surface area contributed by atoms with E-state index in [1.807, 2.05) is 0 Å². The molecule has 2 aromatic carbocycles. The third kappa shape index (κ3) is 6.26. The van der Waals surface area contributed by atoms with Gasteiger partial charge in [-0.25, -0.2) is 8.42 Å². The largest absolute Gasteiger partial charge is 0.416 e. The maximum atomic E-state index is 13.1. The summed E-state index contributed by atoms with van der Waals surface area (Å²) in [5.74, 6) is -0.268. The van der Waals surface area contributed by atoms with Crippen LogP contribution in [0.2, 0.25) is 0 Å². The standard InChI is InChI=1S/C21H20F6N2O3S/c22-20(23,24)15-11-16(21(25,26)27)13-18(12-15)33(31,32)29-8-6-17(7-9-29)28-19(30)10-14-4-2-1-3-5-14/h1-5,11-13,17H,6-10H2,(H,28,30). The van der Waals surface area contributed by atoms with Crippen molar-refractivity contribution in [1.29, 1.82) is 0 Å². The summed E-state index contributed by atoms with van der Waals surface area (Å²) in [4.78, 5) is 11.1. The zero-order chi connectivity index (χ0) is 24.4. The Labute approximate surface area is 186 Å². The minimum Gasteiger partial charge on any atom is -0.353 e. The van der Waals surface area contributed by atoms with E-state index in [-0.39, 0.29) is 62.5 Å². The molecule has 33 heavy (non-hydrogen) atoms. The lowest BCUT2D eigenvalue weighted by molar-refractivity contribution is -0.143. The first kappa shape index (κ1) is 25.0. The fourth-order valence-electron chi connectivity index (χ4n) is 3.52. The molecule has 1 aliphatic heterocycles. The van der Waals surface area contributed by atoms with E-state index in [0.717, 1.165) is 9.87 Å². The van der Waals surface area contributed by atoms with Gasteiger partial charge in [0.15, 0.2) is 0 Å². The number of carbonyl (C=O) groups excluding carboxylic acids is 1. The quantitative estimate of drug-likeness (QED) is 0.633. The molecule has 3 rings (SSSR count). The Morgan fingerprint density at radius 3 is 1.91 bits per heavy atom. The minimum absolute atomic E-state index is 0.118. The molecule has 1 aliphatic rings. The number of rotatable bonds is 5. The molecule has 0 aliphatic carbocycles. The van der Waals surface area contributed by atoms with Crippen LogP contribution in [0.1, 0.15) is 29.5 Å². The van der Waals surface area contributed by atoms with Crippen molar-refractivity contribution in [1.82, 2.24) is 9.62 Å². The first-order valence-corrected chi connectivity index (χ1v) is 11.3. The number of hydrogen-bond acceptors (Lipinski definition) is 3. The second kappa shape index (κ2) is 9.34. The van der Waals surface area contributed by atoms with E-state index in [2.05, 4.69) is 5.32 Å². The smallest absolute Gasteiger partial charge is 0.353 e. The molecule has 1 N–H and O–H groups in total. The third-order valence-corrected chi connectivity index (χ3v) is 7.10. The van der Waals surface area contributed by atoms with Crippen LogP contribution in [0, 0.1) is 0 Å². The molecule has 180 valence electrons. The molecule has 1 fully saturated rings. The summed E-state index contributed by atoms with van der Waals surface area (Å²) in [5.41, 5.74) is -2.60. The molecule has 5 nitrogen and oxygen atoms in total. The summed E-state index contributed by atoms with van der Waals surface area (Å²) in [5, 5.41) is 2.78. The Morgan fingerprint density at radius 2 is 1.42 bits per heavy atom. The Bertz CT molecular complexity index is 1060. The molecule has 0 spiro atoms. The van der Waals surface area contributed by atoms with Crippen molar-refractivity contribution in [3.63, 3.8) is 0 Å². The lowest BCUT2D eigenvalue weighted by Crippen LogP contribution is -2.46. The molecule has 1 amide bonds. The molecule has 1 heterocycles. The number of halogens is 6. The SMILES string of the molecule is O=C(Cc1ccccc1)NC1CCN(S(=O)(=O)c2cc(C(F)(F)F)cc(C(F)(F)F)c2)CC1. The van der Waals surface area contributed by atoms with Gasteiger partial charge in [-0.05, 0) is 36.6 Å². The number of benzene rings is 2. The Balaban J connectivity index is 1.71. The maximum Gasteiger partial charge on any atom is 0.416 e. The van der Waals surface area contributed by atoms with Gasteiger partial charge in [-0.1, -0.05) is 30.3 Å². The van der Waals surface area contributed by atoms with E-state index in [1.54, 1.807) is 30.3 Å². The van der Waals surface area contributed by atoms with Gasteiger partial charge in [-0.2, -0.15) is 30.6 Å². The summed E-state index contributed by atoms with van der Waals surface area (Å²) in [6.07, 6.45) is -9.83. The number of nitrogens with one attached hydrogen (secondary N) is 1. The van der Waals surface area contributed by atoms with Crippen LogP contribution in [0.15, 0.2) is 53.4 Å². The number of alkyl halides is 6. The third-order valence-electron chi connectivity index (χ3n) is 5.23. The van der Waals surface area contributed by atoms with E-state index in [9.17, 15) is 39.6 Å². The van der Waals surface area contributed by atoms with Crippen molar-refractivity contribution in [2.45, 2.75) is 42.6 Å². The zero-order valence-electron chi connectivity index (χ0n) is 17.1. The van der Waals surface area contributed by atoms with E-state index in [1.165, 1.54) is 0 Å². The molecule has 0 saturated carbocycles. The second-order valence-electron chi connectivity index (χ2n) is 7.65. The number of carbonyl (C=O) groups is 1. The summed E-state index contributed by atoms with van der Waals surface area (Å²) in [6.45, 7) is -0.313. The summed E-state index contributed by atoms with van der Waals surface area (Å²) < 4.78 is 105. The number of sulfonamides is 1. The number of nitrogens with zero attached hydrogens (tertiary/aromatic N) is 1. The van der Waals surface area contributed by atoms with E-state index >= 15 is 0 Å². The average Bonchev–Trinajstić information content (AvgIpc) is 2.73. The van der Waals surface area contributed by atoms with Crippen LogP contribution in [-0.2, 0) is 33.6 Å². The first-order valence-electron chi connectivity index (χ1n) is 9.90. The normalized spacial score (nSPS) is 16.5. The van der Waals surface area contributed by atoms with Gasteiger partial charge in [0.05, 0.1) is 22.4 Å². The van der Waals surface area contributed by atoms with Crippen molar-refractivity contribution in [3.8, 4) is 0 Å². The zero-order valence-corrected chi connectivity index (χ0v) is 17.9. The molecule has 0 aromatic heterocycles. The van der Waals surface area contributed by atoms with Crippen molar-refractivity contribution < 1.29 is 39.6 Å². The Kier molecular flexibility index (Phi) is 7.08. The molecule has 12 heteroatoms. The fourth-order valence-corrected chi connectivity index (χ4v) is 5.07. The van der Waals surface area contributed by atoms with Gasteiger partial charge in [0.2, 0.25) is 15.9 Å². The van der Waals surface area contributed by atoms with Gasteiger partial charge in [0.25, 0.3) is 0 Å². The molecule has 2 aromatic rings. The van der Waals surface area contributed by atoms with Crippen LogP contribution in [0.5, 0.6) is 0 Å².